The number of ether oxygens (including phenoxy) is 1. The predicted octanol–water partition coefficient (Wildman–Crippen LogP) is 4.34. The predicted molar refractivity (Wildman–Crippen MR) is 115 cm³/mol. The van der Waals surface area contributed by atoms with Crippen molar-refractivity contribution in [1.29, 1.82) is 0 Å². The lowest BCUT2D eigenvalue weighted by molar-refractivity contribution is -0.137. The molecule has 5 rings (SSSR count). The van der Waals surface area contributed by atoms with E-state index >= 15 is 0 Å². The highest BCUT2D eigenvalue weighted by molar-refractivity contribution is 5.63. The van der Waals surface area contributed by atoms with Crippen LogP contribution in [0, 0.1) is 11.8 Å². The molecule has 3 fully saturated rings. The average molecular weight is 450 g/mol. The number of fused-ring (bicyclic) bond motifs is 1. The molecule has 0 spiro atoms. The summed E-state index contributed by atoms with van der Waals surface area (Å²) in [5.74, 6) is 1.16. The Kier molecular flexibility index (Phi) is 5.24. The van der Waals surface area contributed by atoms with Crippen LogP contribution in [0.1, 0.15) is 56.8 Å². The second-order valence-electron chi connectivity index (χ2n) is 9.80. The summed E-state index contributed by atoms with van der Waals surface area (Å²) in [4.78, 5) is 6.35. The topological polar surface area (TPSA) is 69.2 Å². The maximum Gasteiger partial charge on any atom is 0.419 e. The van der Waals surface area contributed by atoms with Crippen molar-refractivity contribution >= 4 is 5.82 Å². The molecule has 0 amide bonds. The summed E-state index contributed by atoms with van der Waals surface area (Å²) in [7, 11) is 0. The molecule has 1 saturated heterocycles. The van der Waals surface area contributed by atoms with Crippen LogP contribution in [0.5, 0.6) is 0 Å². The summed E-state index contributed by atoms with van der Waals surface area (Å²) < 4.78 is 47.6. The first-order valence-electron chi connectivity index (χ1n) is 11.4. The molecule has 2 N–H and O–H groups in total. The minimum atomic E-state index is -4.55. The van der Waals surface area contributed by atoms with Gasteiger partial charge in [0.1, 0.15) is 5.82 Å². The standard InChI is InChI=1S/C23H30F3N5O/c1-12(2)31-20(9-19(29-31)14-6-18(23(24,25)26)22(27)28-10-14)21-16-7-15(8-17(16)21)30-4-5-32-13(3)11-30/h6,9-10,12-13,15-17,21H,4-5,7-8,11H2,1-3H3,(H2,27,28)/t13?,15?,16-,17+,21?. The maximum atomic E-state index is 13.3. The van der Waals surface area contributed by atoms with Gasteiger partial charge >= 0.3 is 6.18 Å². The molecule has 1 aliphatic heterocycles. The molecular weight excluding hydrogens is 419 g/mol. The fourth-order valence-corrected chi connectivity index (χ4v) is 5.78. The highest BCUT2D eigenvalue weighted by Crippen LogP contribution is 2.64. The van der Waals surface area contributed by atoms with Gasteiger partial charge in [0, 0.05) is 48.5 Å². The van der Waals surface area contributed by atoms with Gasteiger partial charge < -0.3 is 10.5 Å². The van der Waals surface area contributed by atoms with Crippen molar-refractivity contribution in [2.75, 3.05) is 25.4 Å². The van der Waals surface area contributed by atoms with E-state index in [4.69, 9.17) is 10.5 Å². The number of alkyl halides is 3. The summed E-state index contributed by atoms with van der Waals surface area (Å²) in [6.07, 6.45) is -0.540. The van der Waals surface area contributed by atoms with E-state index < -0.39 is 17.6 Å². The molecule has 2 aromatic rings. The number of rotatable bonds is 4. The lowest BCUT2D eigenvalue weighted by atomic mass is 10.0. The van der Waals surface area contributed by atoms with Crippen LogP contribution in [0.15, 0.2) is 18.3 Å². The van der Waals surface area contributed by atoms with Gasteiger partial charge in [0.15, 0.2) is 0 Å². The van der Waals surface area contributed by atoms with Crippen molar-refractivity contribution in [3.05, 3.63) is 29.6 Å². The molecular formula is C23H30F3N5O. The lowest BCUT2D eigenvalue weighted by Gasteiger charge is -2.36. The van der Waals surface area contributed by atoms with Crippen molar-refractivity contribution in [2.45, 2.75) is 63.9 Å². The molecule has 0 bridgehead atoms. The fourth-order valence-electron chi connectivity index (χ4n) is 5.78. The van der Waals surface area contributed by atoms with Crippen LogP contribution in [-0.2, 0) is 10.9 Å². The molecule has 0 radical (unpaired) electrons. The molecule has 6 nitrogen and oxygen atoms in total. The summed E-state index contributed by atoms with van der Waals surface area (Å²) in [6, 6.07) is 3.75. The number of pyridine rings is 1. The monoisotopic (exact) mass is 449 g/mol. The van der Waals surface area contributed by atoms with E-state index in [1.54, 1.807) is 0 Å². The van der Waals surface area contributed by atoms with E-state index in [0.29, 0.717) is 35.1 Å². The van der Waals surface area contributed by atoms with Gasteiger partial charge in [-0.2, -0.15) is 18.3 Å². The van der Waals surface area contributed by atoms with Crippen LogP contribution in [0.25, 0.3) is 11.3 Å². The van der Waals surface area contributed by atoms with Crippen LogP contribution >= 0.6 is 0 Å². The Labute approximate surface area is 185 Å². The maximum absolute atomic E-state index is 13.3. The summed E-state index contributed by atoms with van der Waals surface area (Å²) in [5.41, 5.74) is 6.55. The van der Waals surface area contributed by atoms with Crippen LogP contribution in [0.2, 0.25) is 0 Å². The van der Waals surface area contributed by atoms with E-state index in [2.05, 4.69) is 35.8 Å². The highest BCUT2D eigenvalue weighted by Gasteiger charge is 2.58. The van der Waals surface area contributed by atoms with E-state index in [1.807, 2.05) is 10.7 Å². The molecule has 3 heterocycles. The smallest absolute Gasteiger partial charge is 0.383 e. The van der Waals surface area contributed by atoms with E-state index in [1.165, 1.54) is 19.0 Å². The zero-order valence-electron chi connectivity index (χ0n) is 18.6. The third-order valence-electron chi connectivity index (χ3n) is 7.32. The number of hydrogen-bond donors (Lipinski definition) is 1. The quantitative estimate of drug-likeness (QED) is 0.752. The number of morpholine rings is 1. The number of anilines is 1. The van der Waals surface area contributed by atoms with Crippen LogP contribution in [0.3, 0.4) is 0 Å². The van der Waals surface area contributed by atoms with E-state index in [9.17, 15) is 13.2 Å². The van der Waals surface area contributed by atoms with Crippen molar-refractivity contribution < 1.29 is 17.9 Å². The molecule has 3 unspecified atom stereocenters. The van der Waals surface area contributed by atoms with Crippen molar-refractivity contribution in [3.63, 3.8) is 0 Å². The van der Waals surface area contributed by atoms with Crippen molar-refractivity contribution in [1.82, 2.24) is 19.7 Å². The fraction of sp³-hybridized carbons (Fsp3) is 0.652. The molecule has 32 heavy (non-hydrogen) atoms. The molecule has 3 aliphatic rings. The number of hydrogen-bond acceptors (Lipinski definition) is 5. The van der Waals surface area contributed by atoms with Crippen LogP contribution in [-0.4, -0.2) is 51.5 Å². The number of nitrogens with two attached hydrogens (primary N) is 1. The van der Waals surface area contributed by atoms with Crippen LogP contribution < -0.4 is 5.73 Å². The van der Waals surface area contributed by atoms with Gasteiger partial charge in [0.2, 0.25) is 0 Å². The zero-order chi connectivity index (χ0) is 22.8. The van der Waals surface area contributed by atoms with Gasteiger partial charge in [-0.25, -0.2) is 4.98 Å². The normalized spacial score (nSPS) is 30.7. The highest BCUT2D eigenvalue weighted by atomic mass is 19.4. The number of nitrogens with zero attached hydrogens (tertiary/aromatic N) is 4. The Morgan fingerprint density at radius 1 is 1.19 bits per heavy atom. The molecule has 5 atom stereocenters. The zero-order valence-corrected chi connectivity index (χ0v) is 18.6. The first kappa shape index (κ1) is 21.7. The van der Waals surface area contributed by atoms with Gasteiger partial charge in [-0.15, -0.1) is 0 Å². The Hall–Kier alpha value is -2.13. The Bertz CT molecular complexity index is 992. The first-order valence-corrected chi connectivity index (χ1v) is 11.4. The van der Waals surface area contributed by atoms with E-state index in [0.717, 1.165) is 31.5 Å². The molecule has 9 heteroatoms. The molecule has 2 saturated carbocycles. The average Bonchev–Trinajstić information content (AvgIpc) is 3.08. The van der Waals surface area contributed by atoms with Crippen molar-refractivity contribution in [2.24, 2.45) is 11.8 Å². The summed E-state index contributed by atoms with van der Waals surface area (Å²) in [5, 5.41) is 4.68. The minimum Gasteiger partial charge on any atom is -0.383 e. The third-order valence-corrected chi connectivity index (χ3v) is 7.32. The van der Waals surface area contributed by atoms with Gasteiger partial charge in [-0.3, -0.25) is 9.58 Å². The first-order chi connectivity index (χ1) is 15.1. The molecule has 0 aromatic carbocycles. The van der Waals surface area contributed by atoms with Crippen LogP contribution in [0.4, 0.5) is 19.0 Å². The van der Waals surface area contributed by atoms with Gasteiger partial charge in [-0.05, 0) is 57.6 Å². The number of aromatic nitrogens is 3. The van der Waals surface area contributed by atoms with Gasteiger partial charge in [0.25, 0.3) is 0 Å². The number of halogens is 3. The Balaban J connectivity index is 1.37. The lowest BCUT2D eigenvalue weighted by Crippen LogP contribution is -2.46. The Morgan fingerprint density at radius 3 is 2.53 bits per heavy atom. The third kappa shape index (κ3) is 3.79. The van der Waals surface area contributed by atoms with Crippen molar-refractivity contribution in [3.8, 4) is 11.3 Å². The van der Waals surface area contributed by atoms with E-state index in [-0.39, 0.29) is 12.1 Å². The SMILES string of the molecule is CC1CN(C2C[C@@H]3C(c4cc(-c5cnc(N)c(C(F)(F)F)c5)nn4C(C)C)[C@@H]3C2)CCO1. The largest absolute Gasteiger partial charge is 0.419 e. The molecule has 2 aromatic heterocycles. The second-order valence-corrected chi connectivity index (χ2v) is 9.80. The second kappa shape index (κ2) is 7.73. The van der Waals surface area contributed by atoms with Gasteiger partial charge in [0.05, 0.1) is 24.0 Å². The molecule has 174 valence electrons. The molecule has 2 aliphatic carbocycles. The summed E-state index contributed by atoms with van der Waals surface area (Å²) >= 11 is 0. The van der Waals surface area contributed by atoms with Gasteiger partial charge in [-0.1, -0.05) is 0 Å². The Morgan fingerprint density at radius 2 is 1.91 bits per heavy atom. The minimum absolute atomic E-state index is 0.125. The summed E-state index contributed by atoms with van der Waals surface area (Å²) in [6.45, 7) is 9.03. The number of nitrogen functional groups attached to an aromatic ring is 1.